The lowest BCUT2D eigenvalue weighted by atomic mass is 10.1. The van der Waals surface area contributed by atoms with Crippen LogP contribution in [0.5, 0.6) is 5.75 Å². The number of Topliss-reactive ketones (excluding diaryl/α,β-unsaturated/α-hetero) is 1. The van der Waals surface area contributed by atoms with Crippen molar-refractivity contribution < 1.29 is 23.8 Å². The predicted molar refractivity (Wildman–Crippen MR) is 52.6 cm³/mol. The highest BCUT2D eigenvalue weighted by Gasteiger charge is 2.22. The van der Waals surface area contributed by atoms with E-state index < -0.39 is 23.1 Å². The van der Waals surface area contributed by atoms with Gasteiger partial charge in [-0.1, -0.05) is 15.9 Å². The molecular formula is C9H6BrFO4. The minimum absolute atomic E-state index is 0.186. The van der Waals surface area contributed by atoms with E-state index in [1.807, 2.05) is 0 Å². The molecule has 0 radical (unpaired) electrons. The number of hydrogen-bond donors (Lipinski definition) is 1. The van der Waals surface area contributed by atoms with Gasteiger partial charge in [0.25, 0.3) is 5.78 Å². The third kappa shape index (κ3) is 2.33. The summed E-state index contributed by atoms with van der Waals surface area (Å²) in [5, 5.41) is 8.44. The summed E-state index contributed by atoms with van der Waals surface area (Å²) >= 11 is 3.01. The normalized spacial score (nSPS) is 9.80. The number of carbonyl (C=O) groups excluding carboxylic acids is 1. The van der Waals surface area contributed by atoms with Crippen molar-refractivity contribution in [2.24, 2.45) is 0 Å². The van der Waals surface area contributed by atoms with Gasteiger partial charge < -0.3 is 9.84 Å². The first kappa shape index (κ1) is 11.6. The average molecular weight is 277 g/mol. The van der Waals surface area contributed by atoms with Gasteiger partial charge in [-0.25, -0.2) is 9.18 Å². The van der Waals surface area contributed by atoms with Crippen molar-refractivity contribution >= 4 is 27.7 Å². The monoisotopic (exact) mass is 276 g/mol. The van der Waals surface area contributed by atoms with Gasteiger partial charge in [0.05, 0.1) is 12.7 Å². The van der Waals surface area contributed by atoms with Gasteiger partial charge >= 0.3 is 5.97 Å². The number of ketones is 1. The van der Waals surface area contributed by atoms with Crippen LogP contribution in [0.15, 0.2) is 16.6 Å². The summed E-state index contributed by atoms with van der Waals surface area (Å²) in [6.07, 6.45) is 0. The fourth-order valence-electron chi connectivity index (χ4n) is 0.993. The Morgan fingerprint density at radius 3 is 2.53 bits per heavy atom. The number of methoxy groups -OCH3 is 1. The molecule has 0 amide bonds. The van der Waals surface area contributed by atoms with Crippen molar-refractivity contribution in [1.82, 2.24) is 0 Å². The quantitative estimate of drug-likeness (QED) is 0.676. The molecule has 80 valence electrons. The largest absolute Gasteiger partial charge is 0.494 e. The maximum absolute atomic E-state index is 13.4. The third-order valence-electron chi connectivity index (χ3n) is 1.66. The fourth-order valence-corrected chi connectivity index (χ4v) is 1.43. The van der Waals surface area contributed by atoms with Gasteiger partial charge in [-0.15, -0.1) is 0 Å². The van der Waals surface area contributed by atoms with Crippen molar-refractivity contribution in [3.05, 3.63) is 28.0 Å². The average Bonchev–Trinajstić information content (AvgIpc) is 2.19. The number of carboxylic acid groups (broad SMARTS) is 1. The zero-order valence-electron chi connectivity index (χ0n) is 7.58. The maximum Gasteiger partial charge on any atom is 0.377 e. The SMILES string of the molecule is COc1cc(Br)cc(C(=O)C(=O)O)c1F. The van der Waals surface area contributed by atoms with Crippen LogP contribution >= 0.6 is 15.9 Å². The number of aliphatic carboxylic acids is 1. The van der Waals surface area contributed by atoms with E-state index in [-0.39, 0.29) is 5.75 Å². The Morgan fingerprint density at radius 1 is 1.47 bits per heavy atom. The number of ether oxygens (including phenoxy) is 1. The maximum atomic E-state index is 13.4. The van der Waals surface area contributed by atoms with Crippen molar-refractivity contribution in [3.63, 3.8) is 0 Å². The van der Waals surface area contributed by atoms with E-state index >= 15 is 0 Å². The summed E-state index contributed by atoms with van der Waals surface area (Å²) in [5.41, 5.74) is -0.534. The van der Waals surface area contributed by atoms with Crippen molar-refractivity contribution in [2.75, 3.05) is 7.11 Å². The molecule has 4 nitrogen and oxygen atoms in total. The Morgan fingerprint density at radius 2 is 2.07 bits per heavy atom. The molecule has 0 aliphatic rings. The van der Waals surface area contributed by atoms with Crippen LogP contribution in [-0.2, 0) is 4.79 Å². The first-order valence-corrected chi connectivity index (χ1v) is 4.57. The molecule has 0 saturated carbocycles. The lowest BCUT2D eigenvalue weighted by Gasteiger charge is -2.05. The van der Waals surface area contributed by atoms with Gasteiger partial charge in [-0.3, -0.25) is 4.79 Å². The van der Waals surface area contributed by atoms with Crippen molar-refractivity contribution in [2.45, 2.75) is 0 Å². The van der Waals surface area contributed by atoms with E-state index in [4.69, 9.17) is 5.11 Å². The van der Waals surface area contributed by atoms with Crippen LogP contribution in [0.25, 0.3) is 0 Å². The molecule has 1 aromatic carbocycles. The number of benzene rings is 1. The highest BCUT2D eigenvalue weighted by atomic mass is 79.9. The van der Waals surface area contributed by atoms with E-state index in [9.17, 15) is 14.0 Å². The standard InChI is InChI=1S/C9H6BrFO4/c1-15-6-3-4(10)2-5(7(6)11)8(12)9(13)14/h2-3H,1H3,(H,13,14). The molecule has 0 heterocycles. The Hall–Kier alpha value is -1.43. The molecule has 0 fully saturated rings. The second kappa shape index (κ2) is 4.39. The summed E-state index contributed by atoms with van der Waals surface area (Å²) in [4.78, 5) is 21.5. The summed E-state index contributed by atoms with van der Waals surface area (Å²) in [7, 11) is 1.22. The van der Waals surface area contributed by atoms with Crippen LogP contribution in [0.4, 0.5) is 4.39 Å². The van der Waals surface area contributed by atoms with Crippen LogP contribution in [0.3, 0.4) is 0 Å². The molecule has 0 aliphatic carbocycles. The van der Waals surface area contributed by atoms with Gasteiger partial charge in [-0.05, 0) is 12.1 Å². The summed E-state index contributed by atoms with van der Waals surface area (Å²) in [6.45, 7) is 0. The molecule has 6 heteroatoms. The molecule has 0 spiro atoms. The molecule has 0 aliphatic heterocycles. The number of carbonyl (C=O) groups is 2. The van der Waals surface area contributed by atoms with E-state index in [0.717, 1.165) is 6.07 Å². The highest BCUT2D eigenvalue weighted by Crippen LogP contribution is 2.26. The van der Waals surface area contributed by atoms with Crippen LogP contribution in [0.2, 0.25) is 0 Å². The van der Waals surface area contributed by atoms with Crippen LogP contribution in [-0.4, -0.2) is 24.0 Å². The fraction of sp³-hybridized carbons (Fsp3) is 0.111. The van der Waals surface area contributed by atoms with Gasteiger partial charge in [0, 0.05) is 4.47 Å². The second-order valence-corrected chi connectivity index (χ2v) is 3.52. The molecular weight excluding hydrogens is 271 g/mol. The number of hydrogen-bond acceptors (Lipinski definition) is 3. The number of rotatable bonds is 3. The Bertz CT molecular complexity index is 430. The molecule has 0 aromatic heterocycles. The Labute approximate surface area is 92.8 Å². The molecule has 0 bridgehead atoms. The third-order valence-corrected chi connectivity index (χ3v) is 2.12. The molecule has 1 aromatic rings. The molecule has 0 saturated heterocycles. The predicted octanol–water partition coefficient (Wildman–Crippen LogP) is 1.86. The minimum Gasteiger partial charge on any atom is -0.494 e. The zero-order valence-corrected chi connectivity index (χ0v) is 9.17. The van der Waals surface area contributed by atoms with E-state index in [1.165, 1.54) is 13.2 Å². The topological polar surface area (TPSA) is 63.6 Å². The summed E-state index contributed by atoms with van der Waals surface area (Å²) in [5.74, 6) is -4.19. The highest BCUT2D eigenvalue weighted by molar-refractivity contribution is 9.10. The van der Waals surface area contributed by atoms with Gasteiger partial charge in [-0.2, -0.15) is 0 Å². The van der Waals surface area contributed by atoms with E-state index in [0.29, 0.717) is 4.47 Å². The van der Waals surface area contributed by atoms with Crippen molar-refractivity contribution in [1.29, 1.82) is 0 Å². The van der Waals surface area contributed by atoms with Gasteiger partial charge in [0.1, 0.15) is 0 Å². The summed E-state index contributed by atoms with van der Waals surface area (Å²) < 4.78 is 18.4. The summed E-state index contributed by atoms with van der Waals surface area (Å²) in [6, 6.07) is 2.39. The van der Waals surface area contributed by atoms with E-state index in [1.54, 1.807) is 0 Å². The zero-order chi connectivity index (χ0) is 11.6. The van der Waals surface area contributed by atoms with Crippen LogP contribution in [0.1, 0.15) is 10.4 Å². The minimum atomic E-state index is -1.71. The van der Waals surface area contributed by atoms with Crippen LogP contribution in [0, 0.1) is 5.82 Å². The Balaban J connectivity index is 3.35. The van der Waals surface area contributed by atoms with Crippen molar-refractivity contribution in [3.8, 4) is 5.75 Å². The lowest BCUT2D eigenvalue weighted by molar-refractivity contribution is -0.131. The Kier molecular flexibility index (Phi) is 3.41. The molecule has 1 N–H and O–H groups in total. The smallest absolute Gasteiger partial charge is 0.377 e. The second-order valence-electron chi connectivity index (χ2n) is 2.60. The first-order valence-electron chi connectivity index (χ1n) is 3.78. The first-order chi connectivity index (χ1) is 6.97. The molecule has 1 rings (SSSR count). The lowest BCUT2D eigenvalue weighted by Crippen LogP contribution is -2.15. The molecule has 0 unspecified atom stereocenters. The van der Waals surface area contributed by atoms with Gasteiger partial charge in [0.15, 0.2) is 11.6 Å². The van der Waals surface area contributed by atoms with Crippen LogP contribution < -0.4 is 4.74 Å². The molecule has 15 heavy (non-hydrogen) atoms. The number of halogens is 2. The number of carboxylic acids is 1. The van der Waals surface area contributed by atoms with Gasteiger partial charge in [0.2, 0.25) is 0 Å². The molecule has 0 atom stereocenters. The van der Waals surface area contributed by atoms with E-state index in [2.05, 4.69) is 20.7 Å².